The average Bonchev–Trinajstić information content (AvgIpc) is 2.70. The summed E-state index contributed by atoms with van der Waals surface area (Å²) in [5, 5.41) is 9.60. The summed E-state index contributed by atoms with van der Waals surface area (Å²) in [7, 11) is 0. The zero-order chi connectivity index (χ0) is 10.9. The van der Waals surface area contributed by atoms with Crippen molar-refractivity contribution in [2.24, 2.45) is 0 Å². The standard InChI is InChI=1S/C11H20N2O2/c1-2-3-4-7-15-9-11(14)8-13-6-5-12-10-13/h5-6,10-11,14H,2-4,7-9H2,1H3. The lowest BCUT2D eigenvalue weighted by molar-refractivity contribution is 0.0268. The van der Waals surface area contributed by atoms with E-state index in [-0.39, 0.29) is 0 Å². The van der Waals surface area contributed by atoms with Crippen LogP contribution in [0.1, 0.15) is 26.2 Å². The largest absolute Gasteiger partial charge is 0.389 e. The van der Waals surface area contributed by atoms with Crippen LogP contribution in [-0.2, 0) is 11.3 Å². The number of unbranched alkanes of at least 4 members (excludes halogenated alkanes) is 2. The van der Waals surface area contributed by atoms with Crippen molar-refractivity contribution in [3.05, 3.63) is 18.7 Å². The maximum Gasteiger partial charge on any atom is 0.0952 e. The second-order valence-electron chi connectivity index (χ2n) is 3.70. The van der Waals surface area contributed by atoms with Gasteiger partial charge in [0.15, 0.2) is 0 Å². The van der Waals surface area contributed by atoms with Crippen LogP contribution in [0.3, 0.4) is 0 Å². The second kappa shape index (κ2) is 7.43. The molecule has 1 heterocycles. The van der Waals surface area contributed by atoms with Crippen molar-refractivity contribution in [3.8, 4) is 0 Å². The van der Waals surface area contributed by atoms with Crippen molar-refractivity contribution in [1.29, 1.82) is 0 Å². The van der Waals surface area contributed by atoms with Gasteiger partial charge < -0.3 is 14.4 Å². The summed E-state index contributed by atoms with van der Waals surface area (Å²) < 4.78 is 7.21. The van der Waals surface area contributed by atoms with Crippen molar-refractivity contribution in [3.63, 3.8) is 0 Å². The molecule has 1 aromatic heterocycles. The molecule has 0 aromatic carbocycles. The summed E-state index contributed by atoms with van der Waals surface area (Å²) in [4.78, 5) is 3.91. The Bertz CT molecular complexity index is 237. The van der Waals surface area contributed by atoms with Crippen LogP contribution in [0.5, 0.6) is 0 Å². The second-order valence-corrected chi connectivity index (χ2v) is 3.70. The molecule has 0 aliphatic heterocycles. The fourth-order valence-electron chi connectivity index (χ4n) is 1.36. The smallest absolute Gasteiger partial charge is 0.0952 e. The lowest BCUT2D eigenvalue weighted by Gasteiger charge is -2.11. The van der Waals surface area contributed by atoms with Crippen LogP contribution in [0.2, 0.25) is 0 Å². The summed E-state index contributed by atoms with van der Waals surface area (Å²) in [6.07, 6.45) is 8.25. The van der Waals surface area contributed by atoms with E-state index in [1.54, 1.807) is 12.5 Å². The highest BCUT2D eigenvalue weighted by Gasteiger charge is 2.04. The molecule has 0 fully saturated rings. The topological polar surface area (TPSA) is 47.3 Å². The van der Waals surface area contributed by atoms with Crippen molar-refractivity contribution in [1.82, 2.24) is 9.55 Å². The van der Waals surface area contributed by atoms with Gasteiger partial charge in [-0.1, -0.05) is 19.8 Å². The van der Waals surface area contributed by atoms with E-state index in [2.05, 4.69) is 11.9 Å². The third kappa shape index (κ3) is 5.54. The summed E-state index contributed by atoms with van der Waals surface area (Å²) in [5.41, 5.74) is 0. The fraction of sp³-hybridized carbons (Fsp3) is 0.727. The van der Waals surface area contributed by atoms with Crippen LogP contribution in [0.15, 0.2) is 18.7 Å². The van der Waals surface area contributed by atoms with E-state index in [0.29, 0.717) is 13.2 Å². The van der Waals surface area contributed by atoms with E-state index in [0.717, 1.165) is 13.0 Å². The third-order valence-corrected chi connectivity index (χ3v) is 2.18. The quantitative estimate of drug-likeness (QED) is 0.663. The van der Waals surface area contributed by atoms with Gasteiger partial charge in [-0.15, -0.1) is 0 Å². The molecular weight excluding hydrogens is 192 g/mol. The number of aliphatic hydroxyl groups excluding tert-OH is 1. The average molecular weight is 212 g/mol. The number of aliphatic hydroxyl groups is 1. The van der Waals surface area contributed by atoms with E-state index in [9.17, 15) is 5.11 Å². The molecule has 0 saturated carbocycles. The molecule has 0 aliphatic rings. The zero-order valence-electron chi connectivity index (χ0n) is 9.30. The van der Waals surface area contributed by atoms with Crippen molar-refractivity contribution < 1.29 is 9.84 Å². The number of hydrogen-bond donors (Lipinski definition) is 1. The third-order valence-electron chi connectivity index (χ3n) is 2.18. The van der Waals surface area contributed by atoms with Crippen LogP contribution >= 0.6 is 0 Å². The zero-order valence-corrected chi connectivity index (χ0v) is 9.30. The molecule has 0 saturated heterocycles. The van der Waals surface area contributed by atoms with Crippen LogP contribution in [0, 0.1) is 0 Å². The van der Waals surface area contributed by atoms with Gasteiger partial charge in [0.05, 0.1) is 25.6 Å². The Kier molecular flexibility index (Phi) is 6.04. The van der Waals surface area contributed by atoms with E-state index < -0.39 is 6.10 Å². The Labute approximate surface area is 90.9 Å². The number of aromatic nitrogens is 2. The number of hydrogen-bond acceptors (Lipinski definition) is 3. The SMILES string of the molecule is CCCCCOCC(O)Cn1ccnc1. The Morgan fingerprint density at radius 2 is 2.33 bits per heavy atom. The normalized spacial score (nSPS) is 12.9. The molecule has 1 N–H and O–H groups in total. The van der Waals surface area contributed by atoms with Gasteiger partial charge in [-0.25, -0.2) is 4.98 Å². The van der Waals surface area contributed by atoms with Gasteiger partial charge in [-0.2, -0.15) is 0 Å². The first-order valence-corrected chi connectivity index (χ1v) is 5.54. The Morgan fingerprint density at radius 3 is 3.00 bits per heavy atom. The Hall–Kier alpha value is -0.870. The van der Waals surface area contributed by atoms with Crippen molar-refractivity contribution in [2.75, 3.05) is 13.2 Å². The maximum absolute atomic E-state index is 9.60. The van der Waals surface area contributed by atoms with Gasteiger partial charge in [-0.05, 0) is 6.42 Å². The molecule has 0 spiro atoms. The molecule has 0 amide bonds. The predicted molar refractivity (Wildman–Crippen MR) is 58.6 cm³/mol. The first kappa shape index (κ1) is 12.2. The van der Waals surface area contributed by atoms with Gasteiger partial charge >= 0.3 is 0 Å². The van der Waals surface area contributed by atoms with E-state index >= 15 is 0 Å². The molecule has 0 aliphatic carbocycles. The molecule has 1 atom stereocenters. The number of imidazole rings is 1. The monoisotopic (exact) mass is 212 g/mol. The highest BCUT2D eigenvalue weighted by molar-refractivity contribution is 4.75. The number of ether oxygens (including phenoxy) is 1. The summed E-state index contributed by atoms with van der Waals surface area (Å²) >= 11 is 0. The molecular formula is C11H20N2O2. The van der Waals surface area contributed by atoms with E-state index in [1.807, 2.05) is 10.8 Å². The van der Waals surface area contributed by atoms with Crippen LogP contribution < -0.4 is 0 Å². The summed E-state index contributed by atoms with van der Waals surface area (Å²) in [6.45, 7) is 3.86. The molecule has 86 valence electrons. The van der Waals surface area contributed by atoms with Crippen LogP contribution in [0.25, 0.3) is 0 Å². The molecule has 4 heteroatoms. The maximum atomic E-state index is 9.60. The first-order chi connectivity index (χ1) is 7.33. The number of rotatable bonds is 8. The molecule has 0 radical (unpaired) electrons. The van der Waals surface area contributed by atoms with Gasteiger partial charge in [0, 0.05) is 19.0 Å². The molecule has 4 nitrogen and oxygen atoms in total. The van der Waals surface area contributed by atoms with Crippen molar-refractivity contribution >= 4 is 0 Å². The summed E-state index contributed by atoms with van der Waals surface area (Å²) in [6, 6.07) is 0. The highest BCUT2D eigenvalue weighted by Crippen LogP contribution is 1.97. The minimum Gasteiger partial charge on any atom is -0.389 e. The Balaban J connectivity index is 2.01. The van der Waals surface area contributed by atoms with Gasteiger partial charge in [0.25, 0.3) is 0 Å². The molecule has 1 rings (SSSR count). The van der Waals surface area contributed by atoms with E-state index in [4.69, 9.17) is 4.74 Å². The minimum absolute atomic E-state index is 0.405. The minimum atomic E-state index is -0.444. The predicted octanol–water partition coefficient (Wildman–Crippen LogP) is 1.45. The summed E-state index contributed by atoms with van der Waals surface area (Å²) in [5.74, 6) is 0. The van der Waals surface area contributed by atoms with Gasteiger partial charge in [0.1, 0.15) is 0 Å². The van der Waals surface area contributed by atoms with Crippen LogP contribution in [0.4, 0.5) is 0 Å². The molecule has 1 aromatic rings. The molecule has 1 unspecified atom stereocenters. The first-order valence-electron chi connectivity index (χ1n) is 5.54. The fourth-order valence-corrected chi connectivity index (χ4v) is 1.36. The lowest BCUT2D eigenvalue weighted by atomic mass is 10.3. The highest BCUT2D eigenvalue weighted by atomic mass is 16.5. The number of nitrogens with zero attached hydrogens (tertiary/aromatic N) is 2. The van der Waals surface area contributed by atoms with Gasteiger partial charge in [-0.3, -0.25) is 0 Å². The Morgan fingerprint density at radius 1 is 1.47 bits per heavy atom. The van der Waals surface area contributed by atoms with Crippen LogP contribution in [-0.4, -0.2) is 34.0 Å². The molecule has 15 heavy (non-hydrogen) atoms. The molecule has 0 bridgehead atoms. The lowest BCUT2D eigenvalue weighted by Crippen LogP contribution is -2.21. The van der Waals surface area contributed by atoms with E-state index in [1.165, 1.54) is 12.8 Å². The van der Waals surface area contributed by atoms with Gasteiger partial charge in [0.2, 0.25) is 0 Å². The van der Waals surface area contributed by atoms with Crippen molar-refractivity contribution in [2.45, 2.75) is 38.8 Å².